The molecule has 1 aromatic carbocycles. The van der Waals surface area contributed by atoms with Gasteiger partial charge in [0, 0.05) is 7.05 Å². The molecule has 1 heterocycles. The fourth-order valence-corrected chi connectivity index (χ4v) is 2.53. The van der Waals surface area contributed by atoms with Crippen LogP contribution in [0.1, 0.15) is 34.2 Å². The summed E-state index contributed by atoms with van der Waals surface area (Å²) in [6, 6.07) is 2.39. The molecule has 1 aromatic heterocycles. The summed E-state index contributed by atoms with van der Waals surface area (Å²) in [7, 11) is 1.65. The van der Waals surface area contributed by atoms with E-state index in [9.17, 15) is 13.6 Å². The van der Waals surface area contributed by atoms with Crippen molar-refractivity contribution in [3.05, 3.63) is 51.3 Å². The van der Waals surface area contributed by atoms with Gasteiger partial charge in [-0.15, -0.1) is 0 Å². The Labute approximate surface area is 126 Å². The summed E-state index contributed by atoms with van der Waals surface area (Å²) in [6.07, 6.45) is 0.424. The zero-order valence-corrected chi connectivity index (χ0v) is 12.8. The Morgan fingerprint density at radius 2 is 2.05 bits per heavy atom. The Morgan fingerprint density at radius 3 is 2.62 bits per heavy atom. The van der Waals surface area contributed by atoms with Crippen molar-refractivity contribution in [2.24, 2.45) is 7.05 Å². The fraction of sp³-hybridized carbons (Fsp3) is 0.333. The molecule has 0 saturated carbocycles. The summed E-state index contributed by atoms with van der Waals surface area (Å²) in [6.45, 7) is 3.37. The van der Waals surface area contributed by atoms with Crippen LogP contribution in [-0.4, -0.2) is 15.6 Å². The van der Waals surface area contributed by atoms with Gasteiger partial charge < -0.3 is 0 Å². The van der Waals surface area contributed by atoms with E-state index in [4.69, 9.17) is 11.6 Å². The molecule has 0 aliphatic rings. The third kappa shape index (κ3) is 2.83. The topological polar surface area (TPSA) is 34.9 Å². The predicted molar refractivity (Wildman–Crippen MR) is 76.7 cm³/mol. The normalized spacial score (nSPS) is 11.0. The number of hydrogen-bond acceptors (Lipinski definition) is 2. The van der Waals surface area contributed by atoms with Crippen LogP contribution < -0.4 is 0 Å². The highest BCUT2D eigenvalue weighted by Gasteiger charge is 2.22. The maximum Gasteiger partial charge on any atom is 0.174 e. The van der Waals surface area contributed by atoms with Crippen molar-refractivity contribution in [2.45, 2.75) is 26.7 Å². The number of aromatic nitrogens is 2. The first-order valence-corrected chi connectivity index (χ1v) is 6.92. The fourth-order valence-electron chi connectivity index (χ4n) is 2.16. The van der Waals surface area contributed by atoms with E-state index >= 15 is 0 Å². The molecule has 112 valence electrons. The van der Waals surface area contributed by atoms with Crippen LogP contribution in [0.4, 0.5) is 8.78 Å². The summed E-state index contributed by atoms with van der Waals surface area (Å²) in [5.74, 6) is -2.34. The number of carbonyl (C=O) groups excluding carboxylic acids is 1. The number of Topliss-reactive ketones (excluding diaryl/α,β-unsaturated/α-hetero) is 1. The van der Waals surface area contributed by atoms with Crippen molar-refractivity contribution in [3.63, 3.8) is 0 Å². The quantitative estimate of drug-likeness (QED) is 0.808. The minimum Gasteiger partial charge on any atom is -0.294 e. The van der Waals surface area contributed by atoms with Crippen LogP contribution in [0, 0.1) is 18.6 Å². The molecule has 0 bridgehead atoms. The second-order valence-electron chi connectivity index (χ2n) is 4.84. The van der Waals surface area contributed by atoms with Crippen molar-refractivity contribution in [3.8, 4) is 0 Å². The Kier molecular flexibility index (Phi) is 4.42. The van der Waals surface area contributed by atoms with E-state index in [0.29, 0.717) is 22.8 Å². The van der Waals surface area contributed by atoms with E-state index in [2.05, 4.69) is 5.10 Å². The predicted octanol–water partition coefficient (Wildman–Crippen LogP) is 3.65. The highest BCUT2D eigenvalue weighted by atomic mass is 35.5. The van der Waals surface area contributed by atoms with Crippen molar-refractivity contribution in [2.75, 3.05) is 0 Å². The number of benzene rings is 1. The lowest BCUT2D eigenvalue weighted by molar-refractivity contribution is 0.0982. The lowest BCUT2D eigenvalue weighted by atomic mass is 10.0. The van der Waals surface area contributed by atoms with Crippen LogP contribution >= 0.6 is 11.6 Å². The zero-order chi connectivity index (χ0) is 15.7. The SMILES string of the molecule is CCc1nn(C)c(CC(=O)c2c(F)ccc(C)c2F)c1Cl. The number of nitrogens with zero attached hydrogens (tertiary/aromatic N) is 2. The van der Waals surface area contributed by atoms with E-state index in [1.54, 1.807) is 7.05 Å². The monoisotopic (exact) mass is 312 g/mol. The van der Waals surface area contributed by atoms with Crippen LogP contribution in [0.15, 0.2) is 12.1 Å². The minimum absolute atomic E-state index is 0.195. The van der Waals surface area contributed by atoms with E-state index < -0.39 is 23.0 Å². The van der Waals surface area contributed by atoms with Gasteiger partial charge in [0.25, 0.3) is 0 Å². The van der Waals surface area contributed by atoms with Gasteiger partial charge in [0.05, 0.1) is 28.4 Å². The van der Waals surface area contributed by atoms with Gasteiger partial charge in [0.15, 0.2) is 5.78 Å². The molecule has 0 N–H and O–H groups in total. The minimum atomic E-state index is -0.864. The molecular formula is C15H15ClF2N2O. The molecule has 2 rings (SSSR count). The molecule has 0 fully saturated rings. The van der Waals surface area contributed by atoms with Crippen molar-refractivity contribution in [1.82, 2.24) is 9.78 Å². The lowest BCUT2D eigenvalue weighted by Crippen LogP contribution is -2.13. The number of aryl methyl sites for hydroxylation is 3. The third-order valence-corrected chi connectivity index (χ3v) is 3.83. The molecule has 2 aromatic rings. The Hall–Kier alpha value is -1.75. The van der Waals surface area contributed by atoms with E-state index in [1.165, 1.54) is 17.7 Å². The van der Waals surface area contributed by atoms with E-state index in [1.807, 2.05) is 6.92 Å². The van der Waals surface area contributed by atoms with Gasteiger partial charge in [0.1, 0.15) is 11.6 Å². The number of carbonyl (C=O) groups is 1. The first-order valence-electron chi connectivity index (χ1n) is 6.54. The standard InChI is InChI=1S/C15H15ClF2N2O/c1-4-10-14(16)11(20(3)19-10)7-12(21)13-9(17)6-5-8(2)15(13)18/h5-6H,4,7H2,1-3H3. The van der Waals surface area contributed by atoms with Crippen LogP contribution in [0.3, 0.4) is 0 Å². The van der Waals surface area contributed by atoms with Crippen molar-refractivity contribution < 1.29 is 13.6 Å². The summed E-state index contributed by atoms with van der Waals surface area (Å²) in [5, 5.41) is 4.56. The summed E-state index contributed by atoms with van der Waals surface area (Å²) in [5.41, 5.74) is 0.821. The molecule has 0 atom stereocenters. The molecule has 6 heteroatoms. The second-order valence-corrected chi connectivity index (χ2v) is 5.22. The number of hydrogen-bond donors (Lipinski definition) is 0. The molecule has 0 aliphatic carbocycles. The summed E-state index contributed by atoms with van der Waals surface area (Å²) < 4.78 is 29.2. The first-order chi connectivity index (χ1) is 9.86. The Morgan fingerprint density at radius 1 is 1.38 bits per heavy atom. The van der Waals surface area contributed by atoms with Gasteiger partial charge in [0.2, 0.25) is 0 Å². The molecule has 0 spiro atoms. The molecule has 3 nitrogen and oxygen atoms in total. The molecule has 0 amide bonds. The van der Waals surface area contributed by atoms with Crippen LogP contribution in [-0.2, 0) is 19.9 Å². The van der Waals surface area contributed by atoms with Gasteiger partial charge in [-0.25, -0.2) is 8.78 Å². The highest BCUT2D eigenvalue weighted by molar-refractivity contribution is 6.32. The van der Waals surface area contributed by atoms with E-state index in [0.717, 1.165) is 6.07 Å². The molecule has 0 unspecified atom stereocenters. The van der Waals surface area contributed by atoms with Crippen molar-refractivity contribution in [1.29, 1.82) is 0 Å². The van der Waals surface area contributed by atoms with E-state index in [-0.39, 0.29) is 12.0 Å². The van der Waals surface area contributed by atoms with Gasteiger partial charge in [-0.1, -0.05) is 24.6 Å². The van der Waals surface area contributed by atoms with Gasteiger partial charge in [-0.3, -0.25) is 9.48 Å². The smallest absolute Gasteiger partial charge is 0.174 e. The molecular weight excluding hydrogens is 298 g/mol. The molecule has 0 aliphatic heterocycles. The average molecular weight is 313 g/mol. The molecule has 21 heavy (non-hydrogen) atoms. The maximum atomic E-state index is 14.0. The van der Waals surface area contributed by atoms with Gasteiger partial charge in [-0.2, -0.15) is 5.10 Å². The highest BCUT2D eigenvalue weighted by Crippen LogP contribution is 2.24. The van der Waals surface area contributed by atoms with Gasteiger partial charge in [-0.05, 0) is 25.0 Å². The average Bonchev–Trinajstić information content (AvgIpc) is 2.71. The zero-order valence-electron chi connectivity index (χ0n) is 12.0. The van der Waals surface area contributed by atoms with Gasteiger partial charge >= 0.3 is 0 Å². The maximum absolute atomic E-state index is 14.0. The van der Waals surface area contributed by atoms with Crippen LogP contribution in [0.25, 0.3) is 0 Å². The largest absolute Gasteiger partial charge is 0.294 e. The second kappa shape index (κ2) is 5.93. The van der Waals surface area contributed by atoms with Crippen molar-refractivity contribution >= 4 is 17.4 Å². The lowest BCUT2D eigenvalue weighted by Gasteiger charge is -2.07. The molecule has 0 radical (unpaired) electrons. The summed E-state index contributed by atoms with van der Waals surface area (Å²) >= 11 is 6.15. The number of rotatable bonds is 4. The Bertz CT molecular complexity index is 710. The molecule has 0 saturated heterocycles. The third-order valence-electron chi connectivity index (χ3n) is 3.39. The Balaban J connectivity index is 2.40. The number of ketones is 1. The first kappa shape index (κ1) is 15.6. The van der Waals surface area contributed by atoms with Crippen LogP contribution in [0.2, 0.25) is 5.02 Å². The van der Waals surface area contributed by atoms with Crippen LogP contribution in [0.5, 0.6) is 0 Å². The number of halogens is 3. The summed E-state index contributed by atoms with van der Waals surface area (Å²) in [4.78, 5) is 12.2.